The van der Waals surface area contributed by atoms with Gasteiger partial charge in [0.15, 0.2) is 5.96 Å². The molecule has 2 fully saturated rings. The zero-order valence-corrected chi connectivity index (χ0v) is 35.0. The second kappa shape index (κ2) is 25.9. The minimum atomic E-state index is -1.38. The van der Waals surface area contributed by atoms with Gasteiger partial charge in [0.05, 0.1) is 11.7 Å². The first-order valence-corrected chi connectivity index (χ1v) is 21.1. The van der Waals surface area contributed by atoms with Gasteiger partial charge in [0.1, 0.15) is 36.0 Å². The number of aliphatic hydroxyl groups excluding tert-OH is 1. The summed E-state index contributed by atoms with van der Waals surface area (Å²) in [5.74, 6) is 1.21. The molecule has 0 spiro atoms. The van der Waals surface area contributed by atoms with Crippen molar-refractivity contribution in [1.82, 2.24) is 36.1 Å². The molecule has 6 atom stereocenters. The number of amides is 6. The Morgan fingerprint density at radius 3 is 2.25 bits per heavy atom. The molecule has 15 N–H and O–H groups in total. The lowest BCUT2D eigenvalue weighted by Crippen LogP contribution is -2.61. The van der Waals surface area contributed by atoms with E-state index in [-0.39, 0.29) is 50.8 Å². The summed E-state index contributed by atoms with van der Waals surface area (Å²) in [5.41, 5.74) is 19.2. The van der Waals surface area contributed by atoms with Crippen molar-refractivity contribution in [2.24, 2.45) is 28.0 Å². The number of aliphatic carboxylic acids is 1. The van der Waals surface area contributed by atoms with Crippen LogP contribution in [0.4, 0.5) is 5.82 Å². The van der Waals surface area contributed by atoms with Crippen molar-refractivity contribution in [2.75, 3.05) is 38.1 Å². The number of carbonyl (C=O) groups is 7. The number of unbranched alkanes of at least 4 members (excludes halogenated alkanes) is 3. The lowest BCUT2D eigenvalue weighted by Gasteiger charge is -2.40. The van der Waals surface area contributed by atoms with E-state index in [1.807, 2.05) is 0 Å². The second-order valence-corrected chi connectivity index (χ2v) is 15.4. The van der Waals surface area contributed by atoms with E-state index in [9.17, 15) is 43.8 Å². The Kier molecular flexibility index (Phi) is 21.1. The third-order valence-corrected chi connectivity index (χ3v) is 10.7. The molecule has 2 aliphatic heterocycles. The maximum absolute atomic E-state index is 14.3. The predicted octanol–water partition coefficient (Wildman–Crippen LogP) is -1.87. The standard InChI is InChI=1S/C39H65N13O9/c1-24(53)32(49-31(54)15-3-2-7-19-44-33(55)25-16-17-30(50-43)46-23-25)35(57)47-26(11-4-6-18-40)36(58)52-21-8-5-13-29(52)37(59)51-22-10-14-28(51)34(56)48-27(38(60)61)12-9-20-45-39(41)42/h16-17,23-24,26-29,32,53H,2-15,18-22,40,43H2,1H3,(H,44,55)(H,46,50)(H,47,57)(H,48,56)(H,49,54)(H,60,61)(H4,41,42,45). The first kappa shape index (κ1) is 49.8. The lowest BCUT2D eigenvalue weighted by atomic mass is 9.97. The molecule has 0 bridgehead atoms. The molecule has 6 amide bonds. The number of hydrogen-bond acceptors (Lipinski definition) is 13. The average molecular weight is 860 g/mol. The molecule has 6 unspecified atom stereocenters. The van der Waals surface area contributed by atoms with Crippen molar-refractivity contribution in [3.8, 4) is 0 Å². The van der Waals surface area contributed by atoms with Crippen LogP contribution in [0.2, 0.25) is 0 Å². The highest BCUT2D eigenvalue weighted by Crippen LogP contribution is 2.26. The van der Waals surface area contributed by atoms with Crippen LogP contribution in [0.1, 0.15) is 107 Å². The number of nitrogens with two attached hydrogens (primary N) is 4. The van der Waals surface area contributed by atoms with Gasteiger partial charge in [0, 0.05) is 38.8 Å². The Balaban J connectivity index is 1.61. The molecule has 2 saturated heterocycles. The number of aliphatic hydroxyl groups is 1. The second-order valence-electron chi connectivity index (χ2n) is 15.4. The molecule has 0 aromatic carbocycles. The molecular formula is C39H65N13O9. The van der Waals surface area contributed by atoms with Crippen molar-refractivity contribution in [1.29, 1.82) is 0 Å². The first-order valence-electron chi connectivity index (χ1n) is 21.1. The Hall–Kier alpha value is -5.61. The quantitative estimate of drug-likeness (QED) is 0.0169. The molecule has 61 heavy (non-hydrogen) atoms. The Morgan fingerprint density at radius 1 is 0.869 bits per heavy atom. The fourth-order valence-electron chi connectivity index (χ4n) is 7.34. The summed E-state index contributed by atoms with van der Waals surface area (Å²) < 4.78 is 0. The summed E-state index contributed by atoms with van der Waals surface area (Å²) in [6.45, 7) is 2.69. The number of carboxylic acid groups (broad SMARTS) is 1. The SMILES string of the molecule is CC(O)C(NC(=O)CCCCCNC(=O)c1ccc(NN)nc1)C(=O)NC(CCCCN)C(=O)N1CCCCC1C(=O)N1CCCC1C(=O)NC(CCCN=C(N)N)C(=O)O. The van der Waals surface area contributed by atoms with E-state index < -0.39 is 71.8 Å². The number of anilines is 1. The van der Waals surface area contributed by atoms with Crippen LogP contribution in [-0.2, 0) is 28.8 Å². The van der Waals surface area contributed by atoms with Crippen LogP contribution < -0.4 is 49.7 Å². The van der Waals surface area contributed by atoms with Crippen molar-refractivity contribution in [3.05, 3.63) is 23.9 Å². The number of hydrazine groups is 1. The highest BCUT2D eigenvalue weighted by molar-refractivity contribution is 5.97. The van der Waals surface area contributed by atoms with Gasteiger partial charge in [-0.1, -0.05) is 6.42 Å². The molecule has 22 nitrogen and oxygen atoms in total. The van der Waals surface area contributed by atoms with Gasteiger partial charge in [-0.25, -0.2) is 15.6 Å². The molecule has 3 heterocycles. The van der Waals surface area contributed by atoms with E-state index in [4.69, 9.17) is 23.0 Å². The minimum absolute atomic E-state index is 0.0459. The maximum Gasteiger partial charge on any atom is 0.326 e. The van der Waals surface area contributed by atoms with Crippen molar-refractivity contribution in [3.63, 3.8) is 0 Å². The fraction of sp³-hybridized carbons (Fsp3) is 0.667. The number of carboxylic acids is 1. The number of likely N-dealkylation sites (tertiary alicyclic amines) is 2. The number of aliphatic imine (C=N–C) groups is 1. The van der Waals surface area contributed by atoms with Crippen LogP contribution >= 0.6 is 0 Å². The van der Waals surface area contributed by atoms with Crippen molar-refractivity contribution in [2.45, 2.75) is 133 Å². The number of hydrogen-bond donors (Lipinski definition) is 11. The summed E-state index contributed by atoms with van der Waals surface area (Å²) in [4.78, 5) is 103. The molecule has 3 rings (SSSR count). The zero-order valence-electron chi connectivity index (χ0n) is 35.0. The molecular weight excluding hydrogens is 795 g/mol. The molecule has 340 valence electrons. The fourth-order valence-corrected chi connectivity index (χ4v) is 7.34. The lowest BCUT2D eigenvalue weighted by molar-refractivity contribution is -0.152. The number of nitrogens with zero attached hydrogens (tertiary/aromatic N) is 4. The first-order chi connectivity index (χ1) is 29.2. The molecule has 0 saturated carbocycles. The van der Waals surface area contributed by atoms with Crippen LogP contribution in [0.3, 0.4) is 0 Å². The number of guanidine groups is 1. The number of piperidine rings is 1. The van der Waals surface area contributed by atoms with Crippen molar-refractivity contribution >= 4 is 53.2 Å². The van der Waals surface area contributed by atoms with E-state index in [1.54, 1.807) is 12.1 Å². The van der Waals surface area contributed by atoms with Crippen molar-refractivity contribution < 1.29 is 43.8 Å². The third kappa shape index (κ3) is 16.1. The van der Waals surface area contributed by atoms with E-state index in [0.29, 0.717) is 95.1 Å². The monoisotopic (exact) mass is 860 g/mol. The number of aromatic nitrogens is 1. The molecule has 1 aromatic rings. The topological polar surface area (TPSA) is 356 Å². The van der Waals surface area contributed by atoms with Gasteiger partial charge >= 0.3 is 5.97 Å². The molecule has 0 radical (unpaired) electrons. The van der Waals surface area contributed by atoms with Crippen LogP contribution in [0.25, 0.3) is 0 Å². The average Bonchev–Trinajstić information content (AvgIpc) is 3.74. The highest BCUT2D eigenvalue weighted by Gasteiger charge is 2.43. The van der Waals surface area contributed by atoms with Gasteiger partial charge in [-0.2, -0.15) is 0 Å². The van der Waals surface area contributed by atoms with Gasteiger partial charge in [0.2, 0.25) is 29.5 Å². The number of rotatable bonds is 25. The highest BCUT2D eigenvalue weighted by atomic mass is 16.4. The number of nitrogens with one attached hydrogen (secondary N) is 5. The van der Waals surface area contributed by atoms with Crippen LogP contribution in [0.5, 0.6) is 0 Å². The summed E-state index contributed by atoms with van der Waals surface area (Å²) in [6, 6.07) is -2.44. The van der Waals surface area contributed by atoms with Gasteiger partial charge in [-0.15, -0.1) is 0 Å². The number of carbonyl (C=O) groups excluding carboxylic acids is 6. The number of pyridine rings is 1. The van der Waals surface area contributed by atoms with Gasteiger partial charge < -0.3 is 63.9 Å². The molecule has 0 aliphatic carbocycles. The summed E-state index contributed by atoms with van der Waals surface area (Å²) in [5, 5.41) is 30.9. The van der Waals surface area contributed by atoms with Gasteiger partial charge in [0.25, 0.3) is 5.91 Å². The van der Waals surface area contributed by atoms with Crippen LogP contribution in [-0.4, -0.2) is 141 Å². The molecule has 22 heteroatoms. The third-order valence-electron chi connectivity index (χ3n) is 10.7. The largest absolute Gasteiger partial charge is 0.480 e. The minimum Gasteiger partial charge on any atom is -0.480 e. The van der Waals surface area contributed by atoms with Gasteiger partial charge in [-0.3, -0.25) is 33.8 Å². The van der Waals surface area contributed by atoms with Crippen LogP contribution in [0, 0.1) is 0 Å². The predicted molar refractivity (Wildman–Crippen MR) is 225 cm³/mol. The van der Waals surface area contributed by atoms with E-state index in [0.717, 1.165) is 0 Å². The molecule has 2 aliphatic rings. The summed E-state index contributed by atoms with van der Waals surface area (Å²) >= 11 is 0. The Morgan fingerprint density at radius 2 is 1.59 bits per heavy atom. The van der Waals surface area contributed by atoms with E-state index >= 15 is 0 Å². The van der Waals surface area contributed by atoms with Crippen LogP contribution in [0.15, 0.2) is 23.3 Å². The van der Waals surface area contributed by atoms with E-state index in [2.05, 4.69) is 36.7 Å². The Labute approximate surface area is 355 Å². The normalized spacial score (nSPS) is 18.2. The maximum atomic E-state index is 14.3. The smallest absolute Gasteiger partial charge is 0.326 e. The van der Waals surface area contributed by atoms with Gasteiger partial charge in [-0.05, 0) is 103 Å². The summed E-state index contributed by atoms with van der Waals surface area (Å²) in [6.07, 6.45) is 5.65. The molecule has 1 aromatic heterocycles. The zero-order chi connectivity index (χ0) is 44.9. The number of nitrogen functional groups attached to an aromatic ring is 1. The summed E-state index contributed by atoms with van der Waals surface area (Å²) in [7, 11) is 0. The van der Waals surface area contributed by atoms with E-state index in [1.165, 1.54) is 22.9 Å². The Bertz CT molecular complexity index is 1660.